The zero-order valence-corrected chi connectivity index (χ0v) is 14.1. The highest BCUT2D eigenvalue weighted by molar-refractivity contribution is 5.91. The lowest BCUT2D eigenvalue weighted by Crippen LogP contribution is -2.47. The molecule has 0 radical (unpaired) electrons. The molecule has 0 atom stereocenters. The van der Waals surface area contributed by atoms with E-state index in [4.69, 9.17) is 0 Å². The quantitative estimate of drug-likeness (QED) is 0.811. The van der Waals surface area contributed by atoms with Crippen molar-refractivity contribution >= 4 is 5.91 Å². The summed E-state index contributed by atoms with van der Waals surface area (Å²) in [5, 5.41) is 3.98. The highest BCUT2D eigenvalue weighted by Gasteiger charge is 2.26. The molecule has 0 bridgehead atoms. The number of hydrogen-bond acceptors (Lipinski definition) is 4. The number of nitrogens with zero attached hydrogens (tertiary/aromatic N) is 4. The third-order valence-corrected chi connectivity index (χ3v) is 4.52. The predicted molar refractivity (Wildman–Crippen MR) is 89.3 cm³/mol. The van der Waals surface area contributed by atoms with E-state index in [-0.39, 0.29) is 11.4 Å². The first-order chi connectivity index (χ1) is 11.9. The van der Waals surface area contributed by atoms with E-state index >= 15 is 0 Å². The van der Waals surface area contributed by atoms with Crippen LogP contribution in [0.2, 0.25) is 0 Å². The van der Waals surface area contributed by atoms with Gasteiger partial charge in [-0.25, -0.2) is 9.18 Å². The van der Waals surface area contributed by atoms with Crippen LogP contribution in [0.25, 0.3) is 5.69 Å². The van der Waals surface area contributed by atoms with E-state index in [1.165, 1.54) is 31.3 Å². The van der Waals surface area contributed by atoms with Crippen molar-refractivity contribution in [2.24, 2.45) is 13.0 Å². The van der Waals surface area contributed by atoms with Crippen molar-refractivity contribution in [2.45, 2.75) is 19.8 Å². The highest BCUT2D eigenvalue weighted by atomic mass is 19.1. The van der Waals surface area contributed by atoms with Crippen LogP contribution in [0.5, 0.6) is 0 Å². The van der Waals surface area contributed by atoms with Crippen LogP contribution in [0.4, 0.5) is 4.39 Å². The Morgan fingerprint density at radius 2 is 1.76 bits per heavy atom. The molecule has 0 N–H and O–H groups in total. The molecule has 0 spiro atoms. The van der Waals surface area contributed by atoms with Crippen LogP contribution in [-0.2, 0) is 7.05 Å². The second kappa shape index (κ2) is 6.62. The Balaban J connectivity index is 2.05. The summed E-state index contributed by atoms with van der Waals surface area (Å²) in [7, 11) is 1.29. The maximum absolute atomic E-state index is 13.1. The highest BCUT2D eigenvalue weighted by Crippen LogP contribution is 2.17. The Morgan fingerprint density at radius 3 is 2.36 bits per heavy atom. The van der Waals surface area contributed by atoms with E-state index in [1.807, 2.05) is 0 Å². The third kappa shape index (κ3) is 3.24. The first-order valence-corrected chi connectivity index (χ1v) is 8.14. The lowest BCUT2D eigenvalue weighted by atomic mass is 9.99. The smallest absolute Gasteiger partial charge is 0.337 e. The van der Waals surface area contributed by atoms with Gasteiger partial charge in [0.1, 0.15) is 5.82 Å². The van der Waals surface area contributed by atoms with Crippen molar-refractivity contribution in [3.05, 3.63) is 56.6 Å². The zero-order valence-electron chi connectivity index (χ0n) is 14.1. The van der Waals surface area contributed by atoms with Gasteiger partial charge in [-0.3, -0.25) is 14.2 Å². The van der Waals surface area contributed by atoms with E-state index in [0.29, 0.717) is 19.0 Å². The van der Waals surface area contributed by atoms with Gasteiger partial charge in [-0.1, -0.05) is 6.92 Å². The molecule has 0 aliphatic carbocycles. The molecule has 1 saturated heterocycles. The summed E-state index contributed by atoms with van der Waals surface area (Å²) < 4.78 is 14.9. The van der Waals surface area contributed by atoms with E-state index in [9.17, 15) is 18.8 Å². The minimum Gasteiger partial charge on any atom is -0.337 e. The van der Waals surface area contributed by atoms with Gasteiger partial charge in [0.2, 0.25) is 5.69 Å². The molecule has 1 aliphatic rings. The summed E-state index contributed by atoms with van der Waals surface area (Å²) in [6.45, 7) is 3.23. The van der Waals surface area contributed by atoms with E-state index < -0.39 is 23.0 Å². The van der Waals surface area contributed by atoms with Crippen LogP contribution >= 0.6 is 0 Å². The van der Waals surface area contributed by atoms with E-state index in [0.717, 1.165) is 22.1 Å². The topological polar surface area (TPSA) is 77.2 Å². The largest absolute Gasteiger partial charge is 0.351 e. The van der Waals surface area contributed by atoms with Gasteiger partial charge >= 0.3 is 5.69 Å². The first-order valence-electron chi connectivity index (χ1n) is 8.14. The number of rotatable bonds is 2. The normalized spacial score (nSPS) is 15.4. The van der Waals surface area contributed by atoms with Gasteiger partial charge in [-0.2, -0.15) is 9.78 Å². The number of carbonyl (C=O) groups excluding carboxylic acids is 1. The molecule has 2 heterocycles. The van der Waals surface area contributed by atoms with Crippen molar-refractivity contribution in [1.29, 1.82) is 0 Å². The van der Waals surface area contributed by atoms with Crippen molar-refractivity contribution < 1.29 is 9.18 Å². The molecule has 1 fully saturated rings. The molecular formula is C17H19FN4O3. The second-order valence-electron chi connectivity index (χ2n) is 6.36. The Kier molecular flexibility index (Phi) is 4.52. The fourth-order valence-corrected chi connectivity index (χ4v) is 2.82. The molecule has 1 aromatic carbocycles. The van der Waals surface area contributed by atoms with Crippen LogP contribution in [0, 0.1) is 11.7 Å². The van der Waals surface area contributed by atoms with Crippen molar-refractivity contribution in [2.75, 3.05) is 13.1 Å². The van der Waals surface area contributed by atoms with Crippen LogP contribution in [0.3, 0.4) is 0 Å². The summed E-state index contributed by atoms with van der Waals surface area (Å²) in [5.74, 6) is -0.406. The molecular weight excluding hydrogens is 327 g/mol. The molecule has 7 nitrogen and oxygen atoms in total. The average molecular weight is 346 g/mol. The summed E-state index contributed by atoms with van der Waals surface area (Å²) in [6, 6.07) is 5.10. The summed E-state index contributed by atoms with van der Waals surface area (Å²) >= 11 is 0. The lowest BCUT2D eigenvalue weighted by molar-refractivity contribution is 0.0685. The van der Waals surface area contributed by atoms with Crippen LogP contribution in [0.1, 0.15) is 30.3 Å². The Morgan fingerprint density at radius 1 is 1.16 bits per heavy atom. The maximum Gasteiger partial charge on any atom is 0.351 e. The van der Waals surface area contributed by atoms with Crippen molar-refractivity contribution in [3.63, 3.8) is 0 Å². The van der Waals surface area contributed by atoms with Crippen LogP contribution in [0.15, 0.2) is 33.9 Å². The molecule has 25 heavy (non-hydrogen) atoms. The molecule has 0 unspecified atom stereocenters. The summed E-state index contributed by atoms with van der Waals surface area (Å²) in [6.07, 6.45) is 1.73. The van der Waals surface area contributed by atoms with Crippen molar-refractivity contribution in [3.8, 4) is 5.69 Å². The number of carbonyl (C=O) groups is 1. The molecule has 2 aromatic rings. The Labute approximate surface area is 143 Å². The van der Waals surface area contributed by atoms with Crippen molar-refractivity contribution in [1.82, 2.24) is 19.2 Å². The number of hydrogen-bond donors (Lipinski definition) is 0. The van der Waals surface area contributed by atoms with Gasteiger partial charge < -0.3 is 4.90 Å². The third-order valence-electron chi connectivity index (χ3n) is 4.52. The van der Waals surface area contributed by atoms with Crippen LogP contribution < -0.4 is 11.2 Å². The number of amides is 1. The fraction of sp³-hybridized carbons (Fsp3) is 0.412. The minimum atomic E-state index is -0.730. The number of benzene rings is 1. The number of halogens is 1. The van der Waals surface area contributed by atoms with Gasteiger partial charge in [0.15, 0.2) is 0 Å². The number of piperidine rings is 1. The fourth-order valence-electron chi connectivity index (χ4n) is 2.82. The molecule has 8 heteroatoms. The Bertz CT molecular complexity index is 909. The molecule has 0 saturated carbocycles. The number of likely N-dealkylation sites (tertiary alicyclic amines) is 1. The zero-order chi connectivity index (χ0) is 18.1. The van der Waals surface area contributed by atoms with Crippen LogP contribution in [-0.4, -0.2) is 38.2 Å². The second-order valence-corrected chi connectivity index (χ2v) is 6.36. The van der Waals surface area contributed by atoms with Gasteiger partial charge in [0, 0.05) is 20.1 Å². The standard InChI is InChI=1S/C17H19FN4O3/c1-11-7-9-21(10-8-11)16(24)14-15(23)20(2)17(25)22(19-14)13-5-3-12(18)4-6-13/h3-6,11H,7-10H2,1-2H3. The monoisotopic (exact) mass is 346 g/mol. The molecule has 1 amide bonds. The van der Waals surface area contributed by atoms with Gasteiger partial charge in [-0.15, -0.1) is 0 Å². The maximum atomic E-state index is 13.1. The first kappa shape index (κ1) is 17.1. The Hall–Kier alpha value is -2.77. The number of aromatic nitrogens is 3. The summed E-state index contributed by atoms with van der Waals surface area (Å²) in [5.41, 5.74) is -1.45. The lowest BCUT2D eigenvalue weighted by Gasteiger charge is -2.29. The molecule has 3 rings (SSSR count). The predicted octanol–water partition coefficient (Wildman–Crippen LogP) is 0.942. The van der Waals surface area contributed by atoms with E-state index in [1.54, 1.807) is 4.90 Å². The summed E-state index contributed by atoms with van der Waals surface area (Å²) in [4.78, 5) is 39.0. The average Bonchev–Trinajstić information content (AvgIpc) is 2.61. The minimum absolute atomic E-state index is 0.281. The molecule has 1 aliphatic heterocycles. The SMILES string of the molecule is CC1CCN(C(=O)c2nn(-c3ccc(F)cc3)c(=O)n(C)c2=O)CC1. The van der Waals surface area contributed by atoms with Gasteiger partial charge in [0.25, 0.3) is 11.5 Å². The molecule has 132 valence electrons. The molecule has 1 aromatic heterocycles. The van der Waals surface area contributed by atoms with E-state index in [2.05, 4.69) is 12.0 Å². The van der Waals surface area contributed by atoms with Gasteiger partial charge in [0.05, 0.1) is 5.69 Å². The van der Waals surface area contributed by atoms with Gasteiger partial charge in [-0.05, 0) is 43.0 Å².